The van der Waals surface area contributed by atoms with Crippen molar-refractivity contribution in [1.82, 2.24) is 4.90 Å². The smallest absolute Gasteiger partial charge is 0.123 e. The summed E-state index contributed by atoms with van der Waals surface area (Å²) in [5.74, 6) is 0.648. The third-order valence-electron chi connectivity index (χ3n) is 3.92. The van der Waals surface area contributed by atoms with Crippen LogP contribution in [0.2, 0.25) is 0 Å². The van der Waals surface area contributed by atoms with Crippen LogP contribution in [0, 0.1) is 25.2 Å². The first-order valence-corrected chi connectivity index (χ1v) is 7.00. The fourth-order valence-electron chi connectivity index (χ4n) is 2.51. The molecule has 1 aliphatic heterocycles. The van der Waals surface area contributed by atoms with Gasteiger partial charge in [-0.2, -0.15) is 5.26 Å². The SMILES string of the molecule is COc1cc(C)c(C)cc1C(C#N)CN1CCOCC1. The average Bonchev–Trinajstić information content (AvgIpc) is 2.48. The zero-order valence-electron chi connectivity index (χ0n) is 12.5. The Morgan fingerprint density at radius 2 is 1.95 bits per heavy atom. The molecule has 0 spiro atoms. The van der Waals surface area contributed by atoms with Crippen LogP contribution < -0.4 is 4.74 Å². The van der Waals surface area contributed by atoms with Gasteiger partial charge in [0, 0.05) is 25.2 Å². The van der Waals surface area contributed by atoms with Gasteiger partial charge in [-0.25, -0.2) is 0 Å². The summed E-state index contributed by atoms with van der Waals surface area (Å²) < 4.78 is 10.8. The van der Waals surface area contributed by atoms with Crippen LogP contribution >= 0.6 is 0 Å². The molecule has 1 aromatic rings. The van der Waals surface area contributed by atoms with Gasteiger partial charge in [-0.05, 0) is 31.0 Å². The monoisotopic (exact) mass is 274 g/mol. The molecule has 1 saturated heterocycles. The Hall–Kier alpha value is -1.57. The number of aryl methyl sites for hydroxylation is 2. The summed E-state index contributed by atoms with van der Waals surface area (Å²) in [4.78, 5) is 2.28. The number of hydrogen-bond acceptors (Lipinski definition) is 4. The second kappa shape index (κ2) is 6.74. The van der Waals surface area contributed by atoms with Crippen LogP contribution in [-0.2, 0) is 4.74 Å². The van der Waals surface area contributed by atoms with Crippen LogP contribution in [0.25, 0.3) is 0 Å². The van der Waals surface area contributed by atoms with Gasteiger partial charge in [0.25, 0.3) is 0 Å². The highest BCUT2D eigenvalue weighted by atomic mass is 16.5. The zero-order valence-corrected chi connectivity index (χ0v) is 12.5. The Bertz CT molecular complexity index is 502. The number of nitriles is 1. The van der Waals surface area contributed by atoms with E-state index in [1.165, 1.54) is 11.1 Å². The van der Waals surface area contributed by atoms with E-state index in [-0.39, 0.29) is 5.92 Å². The van der Waals surface area contributed by atoms with Crippen molar-refractivity contribution in [2.45, 2.75) is 19.8 Å². The molecular formula is C16H22N2O2. The van der Waals surface area contributed by atoms with Crippen LogP contribution in [0.1, 0.15) is 22.6 Å². The number of benzene rings is 1. The first-order valence-electron chi connectivity index (χ1n) is 7.00. The second-order valence-corrected chi connectivity index (χ2v) is 5.27. The van der Waals surface area contributed by atoms with Crippen LogP contribution in [0.15, 0.2) is 12.1 Å². The molecule has 20 heavy (non-hydrogen) atoms. The van der Waals surface area contributed by atoms with Gasteiger partial charge in [0.15, 0.2) is 0 Å². The van der Waals surface area contributed by atoms with Crippen molar-refractivity contribution in [3.05, 3.63) is 28.8 Å². The predicted molar refractivity (Wildman–Crippen MR) is 78.1 cm³/mol. The molecule has 1 aliphatic rings. The standard InChI is InChI=1S/C16H22N2O2/c1-12-8-15(16(19-3)9-13(12)2)14(10-17)11-18-4-6-20-7-5-18/h8-9,14H,4-7,11H2,1-3H3. The molecule has 108 valence electrons. The van der Waals surface area contributed by atoms with Crippen molar-refractivity contribution in [2.24, 2.45) is 0 Å². The molecule has 2 rings (SSSR count). The Kier molecular flexibility index (Phi) is 4.99. The number of hydrogen-bond donors (Lipinski definition) is 0. The summed E-state index contributed by atoms with van der Waals surface area (Å²) in [6.07, 6.45) is 0. The summed E-state index contributed by atoms with van der Waals surface area (Å²) in [6, 6.07) is 6.53. The predicted octanol–water partition coefficient (Wildman–Crippen LogP) is 2.25. The Balaban J connectivity index is 2.22. The minimum Gasteiger partial charge on any atom is -0.496 e. The lowest BCUT2D eigenvalue weighted by Gasteiger charge is -2.28. The van der Waals surface area contributed by atoms with E-state index in [0.717, 1.165) is 44.2 Å². The second-order valence-electron chi connectivity index (χ2n) is 5.27. The summed E-state index contributed by atoms with van der Waals surface area (Å²) >= 11 is 0. The third-order valence-corrected chi connectivity index (χ3v) is 3.92. The first kappa shape index (κ1) is 14.8. The summed E-state index contributed by atoms with van der Waals surface area (Å²) in [6.45, 7) is 8.16. The summed E-state index contributed by atoms with van der Waals surface area (Å²) in [5.41, 5.74) is 3.38. The van der Waals surface area contributed by atoms with Crippen molar-refractivity contribution in [3.8, 4) is 11.8 Å². The maximum absolute atomic E-state index is 9.53. The van der Waals surface area contributed by atoms with E-state index in [0.29, 0.717) is 0 Å². The van der Waals surface area contributed by atoms with Crippen molar-refractivity contribution in [2.75, 3.05) is 40.0 Å². The molecule has 0 radical (unpaired) electrons. The molecule has 0 aliphatic carbocycles. The van der Waals surface area contributed by atoms with Crippen molar-refractivity contribution < 1.29 is 9.47 Å². The first-order chi connectivity index (χ1) is 9.65. The van der Waals surface area contributed by atoms with E-state index in [9.17, 15) is 5.26 Å². The van der Waals surface area contributed by atoms with E-state index in [1.807, 2.05) is 6.07 Å². The molecule has 1 unspecified atom stereocenters. The topological polar surface area (TPSA) is 45.5 Å². The Morgan fingerprint density at radius 3 is 2.55 bits per heavy atom. The van der Waals surface area contributed by atoms with Crippen LogP contribution in [0.5, 0.6) is 5.75 Å². The Labute approximate surface area is 120 Å². The molecule has 4 heteroatoms. The number of methoxy groups -OCH3 is 1. The van der Waals surface area contributed by atoms with Gasteiger partial charge < -0.3 is 9.47 Å². The normalized spacial score (nSPS) is 17.5. The van der Waals surface area contributed by atoms with Gasteiger partial charge in [0.1, 0.15) is 5.75 Å². The number of nitrogens with zero attached hydrogens (tertiary/aromatic N) is 2. The van der Waals surface area contributed by atoms with Crippen molar-refractivity contribution >= 4 is 0 Å². The minimum absolute atomic E-state index is 0.164. The van der Waals surface area contributed by atoms with Crippen LogP contribution in [0.3, 0.4) is 0 Å². The van der Waals surface area contributed by atoms with Crippen molar-refractivity contribution in [1.29, 1.82) is 5.26 Å². The number of ether oxygens (including phenoxy) is 2. The lowest BCUT2D eigenvalue weighted by atomic mass is 9.94. The molecule has 0 amide bonds. The maximum atomic E-state index is 9.53. The molecule has 0 saturated carbocycles. The van der Waals surface area contributed by atoms with Gasteiger partial charge in [0.05, 0.1) is 32.3 Å². The number of morpholine rings is 1. The largest absolute Gasteiger partial charge is 0.496 e. The molecule has 1 atom stereocenters. The molecule has 4 nitrogen and oxygen atoms in total. The minimum atomic E-state index is -0.164. The molecule has 1 heterocycles. The molecule has 1 aromatic carbocycles. The van der Waals surface area contributed by atoms with Gasteiger partial charge in [-0.3, -0.25) is 4.90 Å². The van der Waals surface area contributed by atoms with E-state index < -0.39 is 0 Å². The summed E-state index contributed by atoms with van der Waals surface area (Å²) in [7, 11) is 1.66. The quantitative estimate of drug-likeness (QED) is 0.845. The fraction of sp³-hybridized carbons (Fsp3) is 0.562. The zero-order chi connectivity index (χ0) is 14.5. The molecule has 1 fully saturated rings. The highest BCUT2D eigenvalue weighted by molar-refractivity contribution is 5.45. The highest BCUT2D eigenvalue weighted by Crippen LogP contribution is 2.30. The van der Waals surface area contributed by atoms with Gasteiger partial charge >= 0.3 is 0 Å². The van der Waals surface area contributed by atoms with Crippen LogP contribution in [0.4, 0.5) is 0 Å². The lowest BCUT2D eigenvalue weighted by Crippen LogP contribution is -2.38. The van der Waals surface area contributed by atoms with Gasteiger partial charge in [-0.1, -0.05) is 6.07 Å². The molecular weight excluding hydrogens is 252 g/mol. The van der Waals surface area contributed by atoms with Gasteiger partial charge in [-0.15, -0.1) is 0 Å². The van der Waals surface area contributed by atoms with Gasteiger partial charge in [0.2, 0.25) is 0 Å². The van der Waals surface area contributed by atoms with Crippen LogP contribution in [-0.4, -0.2) is 44.9 Å². The third kappa shape index (κ3) is 3.30. The van der Waals surface area contributed by atoms with E-state index >= 15 is 0 Å². The maximum Gasteiger partial charge on any atom is 0.123 e. The fourth-order valence-corrected chi connectivity index (χ4v) is 2.51. The van der Waals surface area contributed by atoms with Crippen molar-refractivity contribution in [3.63, 3.8) is 0 Å². The Morgan fingerprint density at radius 1 is 1.30 bits per heavy atom. The molecule has 0 N–H and O–H groups in total. The van der Waals surface area contributed by atoms with E-state index in [4.69, 9.17) is 9.47 Å². The average molecular weight is 274 g/mol. The van der Waals surface area contributed by atoms with E-state index in [1.54, 1.807) is 7.11 Å². The molecule has 0 bridgehead atoms. The highest BCUT2D eigenvalue weighted by Gasteiger charge is 2.21. The van der Waals surface area contributed by atoms with E-state index in [2.05, 4.69) is 30.9 Å². The lowest BCUT2D eigenvalue weighted by molar-refractivity contribution is 0.0369. The summed E-state index contributed by atoms with van der Waals surface area (Å²) in [5, 5.41) is 9.53. The number of rotatable bonds is 4. The molecule has 0 aromatic heterocycles.